The largest absolute Gasteiger partial charge is 0.461 e. The van der Waals surface area contributed by atoms with E-state index in [4.69, 9.17) is 14.2 Å². The topological polar surface area (TPSA) is 144 Å². The van der Waals surface area contributed by atoms with Crippen LogP contribution in [0.15, 0.2) is 60.7 Å². The van der Waals surface area contributed by atoms with Crippen LogP contribution in [0.4, 0.5) is 9.59 Å². The fraction of sp³-hybridized carbons (Fsp3) is 0.541. The Balaban J connectivity index is 1.26. The normalized spacial score (nSPS) is 17.4. The number of benzene rings is 2. The number of esters is 1. The molecule has 0 unspecified atom stereocenters. The zero-order chi connectivity index (χ0) is 35.2. The highest BCUT2D eigenvalue weighted by molar-refractivity contribution is 5.83. The van der Waals surface area contributed by atoms with Gasteiger partial charge in [-0.3, -0.25) is 14.4 Å². The summed E-state index contributed by atoms with van der Waals surface area (Å²) < 4.78 is 16.2. The van der Waals surface area contributed by atoms with E-state index in [1.807, 2.05) is 81.4 Å². The molecule has 0 radical (unpaired) electrons. The Morgan fingerprint density at radius 1 is 0.796 bits per heavy atom. The molecule has 0 saturated carbocycles. The molecule has 0 bridgehead atoms. The van der Waals surface area contributed by atoms with Gasteiger partial charge >= 0.3 is 18.2 Å². The van der Waals surface area contributed by atoms with E-state index in [2.05, 4.69) is 10.6 Å². The maximum absolute atomic E-state index is 13.4. The molecule has 0 spiro atoms. The summed E-state index contributed by atoms with van der Waals surface area (Å²) >= 11 is 0. The third kappa shape index (κ3) is 13.1. The van der Waals surface area contributed by atoms with Crippen molar-refractivity contribution in [3.8, 4) is 0 Å². The summed E-state index contributed by atoms with van der Waals surface area (Å²) in [6.07, 6.45) is 1.48. The molecule has 266 valence electrons. The zero-order valence-electron chi connectivity index (χ0n) is 28.9. The van der Waals surface area contributed by atoms with Gasteiger partial charge < -0.3 is 34.6 Å². The van der Waals surface area contributed by atoms with Gasteiger partial charge in [-0.15, -0.1) is 0 Å². The second-order valence-electron chi connectivity index (χ2n) is 13.7. The lowest BCUT2D eigenvalue weighted by atomic mass is 9.91. The standard InChI is InChI=1S/C37H50N4O8/c1-37(2,3)49-36(46)40-21-18-27(19-22-40)16-17-32(42)41-20-10-15-30(24-41)34(44)38-31(23-33(43)47-25-28-11-6-4-7-12-28)39-35(45)48-26-29-13-8-5-9-14-29/h4-9,11-14,27,30-31H,10,15-26H2,1-3H3,(H,38,44)(H,39,45)/t30-,31+/m1/s1. The molecule has 2 fully saturated rings. The number of likely N-dealkylation sites (tertiary alicyclic amines) is 2. The molecule has 2 N–H and O–H groups in total. The lowest BCUT2D eigenvalue weighted by Gasteiger charge is -2.35. The second kappa shape index (κ2) is 18.2. The van der Waals surface area contributed by atoms with Crippen molar-refractivity contribution in [2.75, 3.05) is 26.2 Å². The first kappa shape index (κ1) is 37.2. The van der Waals surface area contributed by atoms with Gasteiger partial charge in [-0.2, -0.15) is 0 Å². The highest BCUT2D eigenvalue weighted by Gasteiger charge is 2.32. The van der Waals surface area contributed by atoms with Crippen LogP contribution in [-0.2, 0) is 41.8 Å². The SMILES string of the molecule is CC(C)(C)OC(=O)N1CCC(CCC(=O)N2CCC[C@@H](C(=O)N[C@H](CC(=O)OCc3ccccc3)NC(=O)OCc3ccccc3)C2)CC1. The van der Waals surface area contributed by atoms with Gasteiger partial charge in [0.1, 0.15) is 25.0 Å². The van der Waals surface area contributed by atoms with Crippen LogP contribution in [0.5, 0.6) is 0 Å². The van der Waals surface area contributed by atoms with E-state index in [1.165, 1.54) is 0 Å². The molecular weight excluding hydrogens is 628 g/mol. The van der Waals surface area contributed by atoms with Crippen molar-refractivity contribution in [3.63, 3.8) is 0 Å². The van der Waals surface area contributed by atoms with Gasteiger partial charge in [0.05, 0.1) is 12.3 Å². The maximum atomic E-state index is 13.4. The van der Waals surface area contributed by atoms with Crippen molar-refractivity contribution >= 4 is 30.0 Å². The lowest BCUT2D eigenvalue weighted by molar-refractivity contribution is -0.145. The average Bonchev–Trinajstić information content (AvgIpc) is 3.09. The molecular formula is C37H50N4O8. The van der Waals surface area contributed by atoms with Crippen molar-refractivity contribution in [1.82, 2.24) is 20.4 Å². The minimum atomic E-state index is -1.07. The van der Waals surface area contributed by atoms with Crippen LogP contribution in [0.2, 0.25) is 0 Å². The minimum absolute atomic E-state index is 0.00396. The van der Waals surface area contributed by atoms with E-state index in [-0.39, 0.29) is 44.1 Å². The number of piperidine rings is 2. The number of hydrogen-bond donors (Lipinski definition) is 2. The first-order chi connectivity index (χ1) is 23.4. The molecule has 2 aromatic rings. The van der Waals surface area contributed by atoms with Crippen LogP contribution < -0.4 is 10.6 Å². The Hall–Kier alpha value is -4.61. The number of nitrogens with one attached hydrogen (secondary N) is 2. The molecule has 2 aliphatic heterocycles. The molecule has 2 atom stereocenters. The molecule has 2 saturated heterocycles. The average molecular weight is 679 g/mol. The van der Waals surface area contributed by atoms with E-state index < -0.39 is 29.7 Å². The number of carbonyl (C=O) groups is 5. The van der Waals surface area contributed by atoms with Crippen molar-refractivity contribution in [2.45, 2.75) is 90.7 Å². The molecule has 0 aliphatic carbocycles. The van der Waals surface area contributed by atoms with Crippen molar-refractivity contribution < 1.29 is 38.2 Å². The fourth-order valence-corrected chi connectivity index (χ4v) is 5.93. The summed E-state index contributed by atoms with van der Waals surface area (Å²) in [4.78, 5) is 67.9. The molecule has 2 aromatic carbocycles. The van der Waals surface area contributed by atoms with Gasteiger partial charge in [0.15, 0.2) is 0 Å². The van der Waals surface area contributed by atoms with Crippen LogP contribution in [-0.4, -0.2) is 77.7 Å². The van der Waals surface area contributed by atoms with Gasteiger partial charge in [-0.1, -0.05) is 60.7 Å². The summed E-state index contributed by atoms with van der Waals surface area (Å²) in [7, 11) is 0. The van der Waals surface area contributed by atoms with E-state index >= 15 is 0 Å². The molecule has 4 rings (SSSR count). The Labute approximate surface area is 288 Å². The number of amides is 4. The van der Waals surface area contributed by atoms with Crippen LogP contribution in [0, 0.1) is 11.8 Å². The van der Waals surface area contributed by atoms with E-state index in [1.54, 1.807) is 9.80 Å². The maximum Gasteiger partial charge on any atom is 0.410 e. The highest BCUT2D eigenvalue weighted by atomic mass is 16.6. The van der Waals surface area contributed by atoms with Crippen LogP contribution in [0.3, 0.4) is 0 Å². The molecule has 2 heterocycles. The molecule has 12 heteroatoms. The monoisotopic (exact) mass is 678 g/mol. The Bertz CT molecular complexity index is 1330. The molecule has 12 nitrogen and oxygen atoms in total. The van der Waals surface area contributed by atoms with Gasteiger partial charge in [-0.25, -0.2) is 9.59 Å². The van der Waals surface area contributed by atoms with Crippen molar-refractivity contribution in [3.05, 3.63) is 71.8 Å². The van der Waals surface area contributed by atoms with Gasteiger partial charge in [0.25, 0.3) is 0 Å². The number of alkyl carbamates (subject to hydrolysis) is 1. The summed E-state index contributed by atoms with van der Waals surface area (Å²) in [6, 6.07) is 18.4. The molecule has 4 amide bonds. The molecule has 2 aliphatic rings. The molecule has 49 heavy (non-hydrogen) atoms. The van der Waals surface area contributed by atoms with Crippen molar-refractivity contribution in [1.29, 1.82) is 0 Å². The molecule has 0 aromatic heterocycles. The van der Waals surface area contributed by atoms with Crippen molar-refractivity contribution in [2.24, 2.45) is 11.8 Å². The first-order valence-electron chi connectivity index (χ1n) is 17.2. The predicted molar refractivity (Wildman–Crippen MR) is 182 cm³/mol. The van der Waals surface area contributed by atoms with Crippen LogP contribution >= 0.6 is 0 Å². The van der Waals surface area contributed by atoms with E-state index in [0.717, 1.165) is 30.4 Å². The first-order valence-corrected chi connectivity index (χ1v) is 17.2. The Morgan fingerprint density at radius 2 is 1.41 bits per heavy atom. The third-order valence-corrected chi connectivity index (χ3v) is 8.61. The number of rotatable bonds is 12. The highest BCUT2D eigenvalue weighted by Crippen LogP contribution is 2.25. The van der Waals surface area contributed by atoms with Crippen LogP contribution in [0.25, 0.3) is 0 Å². The summed E-state index contributed by atoms with van der Waals surface area (Å²) in [5.74, 6) is -1.14. The summed E-state index contributed by atoms with van der Waals surface area (Å²) in [6.45, 7) is 7.66. The smallest absolute Gasteiger partial charge is 0.410 e. The van der Waals surface area contributed by atoms with Crippen LogP contribution in [0.1, 0.15) is 76.8 Å². The lowest BCUT2D eigenvalue weighted by Crippen LogP contribution is -2.53. The predicted octanol–water partition coefficient (Wildman–Crippen LogP) is 5.15. The fourth-order valence-electron chi connectivity index (χ4n) is 5.93. The zero-order valence-corrected chi connectivity index (χ0v) is 28.9. The summed E-state index contributed by atoms with van der Waals surface area (Å²) in [5, 5.41) is 5.37. The third-order valence-electron chi connectivity index (χ3n) is 8.61. The van der Waals surface area contributed by atoms with E-state index in [9.17, 15) is 24.0 Å². The number of hydrogen-bond acceptors (Lipinski definition) is 8. The number of nitrogens with zero attached hydrogens (tertiary/aromatic N) is 2. The minimum Gasteiger partial charge on any atom is -0.461 e. The van der Waals surface area contributed by atoms with Gasteiger partial charge in [-0.05, 0) is 69.9 Å². The van der Waals surface area contributed by atoms with E-state index in [0.29, 0.717) is 44.8 Å². The second-order valence-corrected chi connectivity index (χ2v) is 13.7. The Kier molecular flexibility index (Phi) is 13.8. The van der Waals surface area contributed by atoms with Gasteiger partial charge in [0.2, 0.25) is 11.8 Å². The van der Waals surface area contributed by atoms with Gasteiger partial charge in [0, 0.05) is 32.6 Å². The summed E-state index contributed by atoms with van der Waals surface area (Å²) in [5.41, 5.74) is 1.06. The number of ether oxygens (including phenoxy) is 3. The quantitative estimate of drug-likeness (QED) is 0.178. The Morgan fingerprint density at radius 3 is 2.02 bits per heavy atom. The number of carbonyl (C=O) groups excluding carboxylic acids is 5.